The molecule has 76 valence electrons. The van der Waals surface area contributed by atoms with Crippen LogP contribution >= 0.6 is 0 Å². The van der Waals surface area contributed by atoms with Crippen molar-refractivity contribution in [2.24, 2.45) is 5.92 Å². The smallest absolute Gasteiger partial charge is 0.134 e. The number of rotatable bonds is 4. The lowest BCUT2D eigenvalue weighted by Crippen LogP contribution is -2.26. The molecule has 0 bridgehead atoms. The fraction of sp³-hybridized carbons (Fsp3) is 0.600. The third kappa shape index (κ3) is 2.13. The van der Waals surface area contributed by atoms with E-state index in [1.807, 2.05) is 6.07 Å². The lowest BCUT2D eigenvalue weighted by molar-refractivity contribution is 0.731. The number of anilines is 2. The van der Waals surface area contributed by atoms with Crippen LogP contribution in [0, 0.1) is 5.92 Å². The van der Waals surface area contributed by atoms with E-state index < -0.39 is 0 Å². The molecule has 0 aliphatic heterocycles. The SMILES string of the molecule is CCN(CC1CC1)c1cc(N)ncn1. The van der Waals surface area contributed by atoms with Crippen LogP contribution in [-0.4, -0.2) is 23.1 Å². The standard InChI is InChI=1S/C10H16N4/c1-2-14(6-8-3-4-8)10-5-9(11)12-7-13-10/h5,7-8H,2-4,6H2,1H3,(H2,11,12,13). The van der Waals surface area contributed by atoms with Crippen LogP contribution < -0.4 is 10.6 Å². The first-order chi connectivity index (χ1) is 6.79. The van der Waals surface area contributed by atoms with Gasteiger partial charge in [0.2, 0.25) is 0 Å². The summed E-state index contributed by atoms with van der Waals surface area (Å²) < 4.78 is 0. The van der Waals surface area contributed by atoms with Gasteiger partial charge in [0.25, 0.3) is 0 Å². The van der Waals surface area contributed by atoms with Crippen molar-refractivity contribution in [1.82, 2.24) is 9.97 Å². The summed E-state index contributed by atoms with van der Waals surface area (Å²) in [6.45, 7) is 4.22. The minimum absolute atomic E-state index is 0.546. The molecule has 1 aliphatic carbocycles. The summed E-state index contributed by atoms with van der Waals surface area (Å²) in [6.07, 6.45) is 4.24. The van der Waals surface area contributed by atoms with E-state index in [4.69, 9.17) is 5.73 Å². The first-order valence-corrected chi connectivity index (χ1v) is 5.12. The lowest BCUT2D eigenvalue weighted by atomic mass is 10.3. The second-order valence-electron chi connectivity index (χ2n) is 3.78. The highest BCUT2D eigenvalue weighted by Crippen LogP contribution is 2.30. The number of nitrogens with zero attached hydrogens (tertiary/aromatic N) is 3. The van der Waals surface area contributed by atoms with E-state index in [0.717, 1.165) is 24.8 Å². The molecule has 4 heteroatoms. The Hall–Kier alpha value is -1.32. The molecule has 1 heterocycles. The van der Waals surface area contributed by atoms with Crippen LogP contribution in [0.3, 0.4) is 0 Å². The molecule has 14 heavy (non-hydrogen) atoms. The highest BCUT2D eigenvalue weighted by Gasteiger charge is 2.24. The van der Waals surface area contributed by atoms with Crippen LogP contribution in [-0.2, 0) is 0 Å². The Morgan fingerprint density at radius 2 is 2.29 bits per heavy atom. The lowest BCUT2D eigenvalue weighted by Gasteiger charge is -2.21. The molecule has 2 rings (SSSR count). The maximum atomic E-state index is 5.62. The number of nitrogen functional groups attached to an aromatic ring is 1. The van der Waals surface area contributed by atoms with Gasteiger partial charge in [-0.25, -0.2) is 9.97 Å². The molecule has 1 aromatic heterocycles. The van der Waals surface area contributed by atoms with E-state index in [1.54, 1.807) is 0 Å². The normalized spacial score (nSPS) is 15.5. The first-order valence-electron chi connectivity index (χ1n) is 5.12. The van der Waals surface area contributed by atoms with E-state index >= 15 is 0 Å². The molecule has 1 aromatic rings. The quantitative estimate of drug-likeness (QED) is 0.781. The van der Waals surface area contributed by atoms with Crippen molar-refractivity contribution in [1.29, 1.82) is 0 Å². The molecule has 0 atom stereocenters. The molecule has 0 amide bonds. The molecule has 4 nitrogen and oxygen atoms in total. The fourth-order valence-electron chi connectivity index (χ4n) is 1.53. The van der Waals surface area contributed by atoms with Crippen LogP contribution in [0.1, 0.15) is 19.8 Å². The van der Waals surface area contributed by atoms with Gasteiger partial charge >= 0.3 is 0 Å². The van der Waals surface area contributed by atoms with Crippen LogP contribution in [0.4, 0.5) is 11.6 Å². The summed E-state index contributed by atoms with van der Waals surface area (Å²) in [5, 5.41) is 0. The van der Waals surface area contributed by atoms with Gasteiger partial charge in [-0.15, -0.1) is 0 Å². The molecule has 1 fully saturated rings. The minimum Gasteiger partial charge on any atom is -0.384 e. The van der Waals surface area contributed by atoms with E-state index in [9.17, 15) is 0 Å². The summed E-state index contributed by atoms with van der Waals surface area (Å²) in [5.74, 6) is 2.36. The van der Waals surface area contributed by atoms with Gasteiger partial charge in [-0.3, -0.25) is 0 Å². The van der Waals surface area contributed by atoms with Crippen molar-refractivity contribution in [3.8, 4) is 0 Å². The average Bonchev–Trinajstić information content (AvgIpc) is 2.98. The van der Waals surface area contributed by atoms with Crippen LogP contribution in [0.5, 0.6) is 0 Å². The molecule has 0 aromatic carbocycles. The van der Waals surface area contributed by atoms with Gasteiger partial charge in [0.1, 0.15) is 18.0 Å². The summed E-state index contributed by atoms with van der Waals surface area (Å²) in [6, 6.07) is 1.84. The van der Waals surface area contributed by atoms with E-state index in [0.29, 0.717) is 5.82 Å². The second-order valence-corrected chi connectivity index (χ2v) is 3.78. The molecule has 0 spiro atoms. The zero-order chi connectivity index (χ0) is 9.97. The molecule has 0 unspecified atom stereocenters. The van der Waals surface area contributed by atoms with E-state index in [-0.39, 0.29) is 0 Å². The van der Waals surface area contributed by atoms with Crippen LogP contribution in [0.2, 0.25) is 0 Å². The van der Waals surface area contributed by atoms with Crippen molar-refractivity contribution < 1.29 is 0 Å². The van der Waals surface area contributed by atoms with Crippen molar-refractivity contribution in [2.45, 2.75) is 19.8 Å². The largest absolute Gasteiger partial charge is 0.384 e. The van der Waals surface area contributed by atoms with Gasteiger partial charge in [-0.2, -0.15) is 0 Å². The predicted octanol–water partition coefficient (Wildman–Crippen LogP) is 1.30. The predicted molar refractivity (Wildman–Crippen MR) is 57.1 cm³/mol. The van der Waals surface area contributed by atoms with Crippen LogP contribution in [0.15, 0.2) is 12.4 Å². The molecular formula is C10H16N4. The highest BCUT2D eigenvalue weighted by molar-refractivity contribution is 5.45. The number of nitrogens with two attached hydrogens (primary N) is 1. The van der Waals surface area contributed by atoms with Gasteiger partial charge in [0, 0.05) is 19.2 Å². The Morgan fingerprint density at radius 3 is 2.86 bits per heavy atom. The third-order valence-corrected chi connectivity index (χ3v) is 2.56. The topological polar surface area (TPSA) is 55.0 Å². The summed E-state index contributed by atoms with van der Waals surface area (Å²) in [4.78, 5) is 10.4. The molecule has 0 radical (unpaired) electrons. The highest BCUT2D eigenvalue weighted by atomic mass is 15.2. The Bertz CT molecular complexity index is 309. The van der Waals surface area contributed by atoms with Crippen molar-refractivity contribution in [3.05, 3.63) is 12.4 Å². The maximum absolute atomic E-state index is 5.62. The fourth-order valence-corrected chi connectivity index (χ4v) is 1.53. The Morgan fingerprint density at radius 1 is 1.50 bits per heavy atom. The maximum Gasteiger partial charge on any atom is 0.134 e. The zero-order valence-corrected chi connectivity index (χ0v) is 8.48. The van der Waals surface area contributed by atoms with Gasteiger partial charge in [0.15, 0.2) is 0 Å². The molecule has 1 aliphatic rings. The molecule has 2 N–H and O–H groups in total. The van der Waals surface area contributed by atoms with Crippen molar-refractivity contribution >= 4 is 11.6 Å². The van der Waals surface area contributed by atoms with E-state index in [2.05, 4.69) is 21.8 Å². The van der Waals surface area contributed by atoms with Gasteiger partial charge < -0.3 is 10.6 Å². The monoisotopic (exact) mass is 192 g/mol. The Labute approximate surface area is 84.2 Å². The van der Waals surface area contributed by atoms with Crippen molar-refractivity contribution in [2.75, 3.05) is 23.7 Å². The van der Waals surface area contributed by atoms with Crippen molar-refractivity contribution in [3.63, 3.8) is 0 Å². The number of hydrogen-bond donors (Lipinski definition) is 1. The van der Waals surface area contributed by atoms with Gasteiger partial charge in [-0.1, -0.05) is 0 Å². The van der Waals surface area contributed by atoms with Gasteiger partial charge in [-0.05, 0) is 25.7 Å². The average molecular weight is 192 g/mol. The Kier molecular flexibility index (Phi) is 2.52. The zero-order valence-electron chi connectivity index (χ0n) is 8.48. The number of aromatic nitrogens is 2. The van der Waals surface area contributed by atoms with Gasteiger partial charge in [0.05, 0.1) is 0 Å². The third-order valence-electron chi connectivity index (χ3n) is 2.56. The molecule has 0 saturated heterocycles. The first kappa shape index (κ1) is 9.24. The number of hydrogen-bond acceptors (Lipinski definition) is 4. The van der Waals surface area contributed by atoms with Crippen LogP contribution in [0.25, 0.3) is 0 Å². The summed E-state index contributed by atoms with van der Waals surface area (Å²) in [7, 11) is 0. The molecule has 1 saturated carbocycles. The summed E-state index contributed by atoms with van der Waals surface area (Å²) in [5.41, 5.74) is 5.62. The molecular weight excluding hydrogens is 176 g/mol. The Balaban J connectivity index is 2.08. The minimum atomic E-state index is 0.546. The summed E-state index contributed by atoms with van der Waals surface area (Å²) >= 11 is 0. The van der Waals surface area contributed by atoms with E-state index in [1.165, 1.54) is 19.2 Å². The second kappa shape index (κ2) is 3.82.